The highest BCUT2D eigenvalue weighted by atomic mass is 79.9. The summed E-state index contributed by atoms with van der Waals surface area (Å²) in [6.45, 7) is 4.42. The first-order valence-electron chi connectivity index (χ1n) is 5.47. The fraction of sp³-hybridized carbons (Fsp3) is 0.500. The molecule has 0 aromatic heterocycles. The predicted molar refractivity (Wildman–Crippen MR) is 75.9 cm³/mol. The molecule has 0 N–H and O–H groups in total. The number of alkyl halides is 1. The molecule has 0 aliphatic heterocycles. The summed E-state index contributed by atoms with van der Waals surface area (Å²) in [5, 5.41) is 11.5. The van der Waals surface area contributed by atoms with Crippen molar-refractivity contribution in [3.63, 3.8) is 0 Å². The van der Waals surface area contributed by atoms with E-state index < -0.39 is 0 Å². The van der Waals surface area contributed by atoms with Gasteiger partial charge in [0.2, 0.25) is 0 Å². The minimum atomic E-state index is -0.371. The van der Waals surface area contributed by atoms with E-state index in [4.69, 9.17) is 0 Å². The van der Waals surface area contributed by atoms with Gasteiger partial charge in [-0.2, -0.15) is 0 Å². The number of hydrogen-bond donors (Lipinski definition) is 0. The maximum absolute atomic E-state index is 10.5. The van der Waals surface area contributed by atoms with Crippen LogP contribution in [0.3, 0.4) is 0 Å². The summed E-state index contributed by atoms with van der Waals surface area (Å²) < 4.78 is 0. The van der Waals surface area contributed by atoms with Crippen LogP contribution in [0.4, 0.5) is 5.69 Å². The summed E-state index contributed by atoms with van der Waals surface area (Å²) in [5.41, 5.74) is 0.148. The topological polar surface area (TPSA) is 43.1 Å². The van der Waals surface area contributed by atoms with Gasteiger partial charge in [0, 0.05) is 28.1 Å². The van der Waals surface area contributed by atoms with Gasteiger partial charge in [-0.25, -0.2) is 0 Å². The Labute approximate surface area is 114 Å². The van der Waals surface area contributed by atoms with Gasteiger partial charge in [0.1, 0.15) is 0 Å². The van der Waals surface area contributed by atoms with Gasteiger partial charge in [-0.3, -0.25) is 10.1 Å². The average molecular weight is 318 g/mol. The van der Waals surface area contributed by atoms with Crippen LogP contribution in [0, 0.1) is 22.0 Å². The molecule has 1 aromatic rings. The summed E-state index contributed by atoms with van der Waals surface area (Å²) in [6.07, 6.45) is 0. The zero-order chi connectivity index (χ0) is 12.8. The summed E-state index contributed by atoms with van der Waals surface area (Å²) >= 11 is 5.27. The number of thioether (sulfide) groups is 1. The SMILES string of the molecule is CC(C)C(CBr)CSc1ccc([N+](=O)[O-])cc1. The van der Waals surface area contributed by atoms with Crippen LogP contribution in [0.2, 0.25) is 0 Å². The van der Waals surface area contributed by atoms with E-state index in [2.05, 4.69) is 29.8 Å². The van der Waals surface area contributed by atoms with Crippen LogP contribution in [0.1, 0.15) is 13.8 Å². The molecular formula is C12H16BrNO2S. The molecule has 1 aromatic carbocycles. The van der Waals surface area contributed by atoms with Gasteiger partial charge in [0.05, 0.1) is 4.92 Å². The lowest BCUT2D eigenvalue weighted by Gasteiger charge is -2.17. The van der Waals surface area contributed by atoms with E-state index in [0.717, 1.165) is 16.0 Å². The summed E-state index contributed by atoms with van der Waals surface area (Å²) in [5.74, 6) is 2.29. The molecule has 17 heavy (non-hydrogen) atoms. The number of nitro groups is 1. The highest BCUT2D eigenvalue weighted by Gasteiger charge is 2.12. The normalized spacial score (nSPS) is 12.7. The van der Waals surface area contributed by atoms with E-state index in [1.54, 1.807) is 23.9 Å². The van der Waals surface area contributed by atoms with Crippen LogP contribution in [-0.4, -0.2) is 16.0 Å². The molecule has 0 saturated carbocycles. The summed E-state index contributed by atoms with van der Waals surface area (Å²) in [7, 11) is 0. The lowest BCUT2D eigenvalue weighted by Crippen LogP contribution is -2.12. The van der Waals surface area contributed by atoms with Gasteiger partial charge >= 0.3 is 0 Å². The minimum absolute atomic E-state index is 0.148. The monoisotopic (exact) mass is 317 g/mol. The van der Waals surface area contributed by atoms with E-state index in [9.17, 15) is 10.1 Å². The molecule has 0 radical (unpaired) electrons. The van der Waals surface area contributed by atoms with Crippen molar-refractivity contribution < 1.29 is 4.92 Å². The molecule has 0 fully saturated rings. The lowest BCUT2D eigenvalue weighted by molar-refractivity contribution is -0.384. The Morgan fingerprint density at radius 2 is 1.94 bits per heavy atom. The third-order valence-corrected chi connectivity index (χ3v) is 4.68. The van der Waals surface area contributed by atoms with E-state index in [-0.39, 0.29) is 10.6 Å². The number of halogens is 1. The van der Waals surface area contributed by atoms with Gasteiger partial charge in [-0.15, -0.1) is 11.8 Å². The van der Waals surface area contributed by atoms with E-state index >= 15 is 0 Å². The van der Waals surface area contributed by atoms with Gasteiger partial charge in [-0.1, -0.05) is 29.8 Å². The standard InChI is InChI=1S/C12H16BrNO2S/c1-9(2)10(7-13)8-17-12-5-3-11(4-6-12)14(15)16/h3-6,9-10H,7-8H2,1-2H3. The highest BCUT2D eigenvalue weighted by molar-refractivity contribution is 9.09. The molecule has 0 aliphatic carbocycles. The van der Waals surface area contributed by atoms with Gasteiger partial charge in [0.15, 0.2) is 0 Å². The highest BCUT2D eigenvalue weighted by Crippen LogP contribution is 2.26. The number of nitro benzene ring substituents is 1. The molecule has 0 saturated heterocycles. The Hall–Kier alpha value is -0.550. The van der Waals surface area contributed by atoms with Gasteiger partial charge < -0.3 is 0 Å². The van der Waals surface area contributed by atoms with Crippen LogP contribution < -0.4 is 0 Å². The Kier molecular flexibility index (Phi) is 5.98. The zero-order valence-electron chi connectivity index (χ0n) is 9.93. The Morgan fingerprint density at radius 1 is 1.35 bits per heavy atom. The molecule has 3 nitrogen and oxygen atoms in total. The second-order valence-electron chi connectivity index (χ2n) is 4.22. The Morgan fingerprint density at radius 3 is 2.35 bits per heavy atom. The second kappa shape index (κ2) is 7.01. The van der Waals surface area contributed by atoms with Crippen molar-refractivity contribution in [1.29, 1.82) is 0 Å². The molecule has 1 atom stereocenters. The van der Waals surface area contributed by atoms with Crippen molar-refractivity contribution in [2.75, 3.05) is 11.1 Å². The maximum Gasteiger partial charge on any atom is 0.269 e. The average Bonchev–Trinajstić information content (AvgIpc) is 2.30. The Bertz CT molecular complexity index is 367. The van der Waals surface area contributed by atoms with Crippen LogP contribution in [0.5, 0.6) is 0 Å². The first-order valence-corrected chi connectivity index (χ1v) is 7.58. The zero-order valence-corrected chi connectivity index (χ0v) is 12.3. The summed E-state index contributed by atoms with van der Waals surface area (Å²) in [4.78, 5) is 11.2. The van der Waals surface area contributed by atoms with Gasteiger partial charge in [0.25, 0.3) is 5.69 Å². The third-order valence-electron chi connectivity index (χ3n) is 2.65. The van der Waals surface area contributed by atoms with E-state index in [1.165, 1.54) is 0 Å². The summed E-state index contributed by atoms with van der Waals surface area (Å²) in [6, 6.07) is 6.74. The Balaban J connectivity index is 2.55. The van der Waals surface area contributed by atoms with Crippen LogP contribution in [-0.2, 0) is 0 Å². The van der Waals surface area contributed by atoms with Crippen molar-refractivity contribution >= 4 is 33.4 Å². The van der Waals surface area contributed by atoms with E-state index in [0.29, 0.717) is 11.8 Å². The quantitative estimate of drug-likeness (QED) is 0.339. The third kappa shape index (κ3) is 4.68. The van der Waals surface area contributed by atoms with Crippen molar-refractivity contribution in [3.8, 4) is 0 Å². The fourth-order valence-electron chi connectivity index (χ4n) is 1.28. The number of benzene rings is 1. The van der Waals surface area contributed by atoms with Crippen LogP contribution in [0.25, 0.3) is 0 Å². The van der Waals surface area contributed by atoms with Gasteiger partial charge in [-0.05, 0) is 24.0 Å². The number of nitrogens with zero attached hydrogens (tertiary/aromatic N) is 1. The molecule has 1 unspecified atom stereocenters. The maximum atomic E-state index is 10.5. The number of rotatable bonds is 6. The molecule has 0 amide bonds. The van der Waals surface area contributed by atoms with Crippen molar-refractivity contribution in [2.24, 2.45) is 11.8 Å². The molecule has 1 rings (SSSR count). The first kappa shape index (κ1) is 14.5. The fourth-order valence-corrected chi connectivity index (χ4v) is 3.80. The first-order chi connectivity index (χ1) is 8.04. The molecule has 0 heterocycles. The second-order valence-corrected chi connectivity index (χ2v) is 5.96. The van der Waals surface area contributed by atoms with Crippen LogP contribution >= 0.6 is 27.7 Å². The largest absolute Gasteiger partial charge is 0.269 e. The smallest absolute Gasteiger partial charge is 0.258 e. The van der Waals surface area contributed by atoms with Crippen molar-refractivity contribution in [3.05, 3.63) is 34.4 Å². The predicted octanol–water partition coefficient (Wildman–Crippen LogP) is 4.35. The number of hydrogen-bond acceptors (Lipinski definition) is 3. The van der Waals surface area contributed by atoms with Crippen molar-refractivity contribution in [1.82, 2.24) is 0 Å². The number of non-ortho nitro benzene ring substituents is 1. The van der Waals surface area contributed by atoms with Crippen molar-refractivity contribution in [2.45, 2.75) is 18.7 Å². The molecular weight excluding hydrogens is 302 g/mol. The van der Waals surface area contributed by atoms with E-state index in [1.807, 2.05) is 12.1 Å². The molecule has 0 bridgehead atoms. The molecule has 5 heteroatoms. The van der Waals surface area contributed by atoms with Crippen LogP contribution in [0.15, 0.2) is 29.2 Å². The molecule has 0 spiro atoms. The lowest BCUT2D eigenvalue weighted by atomic mass is 10.0. The molecule has 0 aliphatic rings. The molecule has 94 valence electrons. The minimum Gasteiger partial charge on any atom is -0.258 e.